The summed E-state index contributed by atoms with van der Waals surface area (Å²) in [7, 11) is 0. The minimum atomic E-state index is -1.11. The Morgan fingerprint density at radius 3 is 2.40 bits per heavy atom. The van der Waals surface area contributed by atoms with Crippen molar-refractivity contribution in [3.8, 4) is 0 Å². The number of likely N-dealkylation sites (tertiary alicyclic amines) is 1. The van der Waals surface area contributed by atoms with Crippen molar-refractivity contribution < 1.29 is 19.0 Å². The van der Waals surface area contributed by atoms with E-state index in [1.807, 2.05) is 6.07 Å². The summed E-state index contributed by atoms with van der Waals surface area (Å²) in [6, 6.07) is 15.2. The molecule has 2 aromatic carbocycles. The third kappa shape index (κ3) is 4.65. The van der Waals surface area contributed by atoms with Gasteiger partial charge >= 0.3 is 0 Å². The monoisotopic (exact) mass is 343 g/mol. The molecule has 1 unspecified atom stereocenters. The molecule has 132 valence electrons. The average molecular weight is 343 g/mol. The van der Waals surface area contributed by atoms with Gasteiger partial charge in [-0.15, -0.1) is 0 Å². The molecule has 5 heteroatoms. The fourth-order valence-corrected chi connectivity index (χ4v) is 2.99. The largest absolute Gasteiger partial charge is 0.378 e. The van der Waals surface area contributed by atoms with Crippen LogP contribution in [0.25, 0.3) is 0 Å². The van der Waals surface area contributed by atoms with E-state index in [0.29, 0.717) is 25.3 Å². The summed E-state index contributed by atoms with van der Waals surface area (Å²) in [4.78, 5) is 14.1. The summed E-state index contributed by atoms with van der Waals surface area (Å²) in [5, 5.41) is 10.2. The number of rotatable bonds is 5. The zero-order valence-corrected chi connectivity index (χ0v) is 14.0. The molecule has 1 saturated heterocycles. The molecule has 4 nitrogen and oxygen atoms in total. The maximum Gasteiger partial charge on any atom is 0.256 e. The first-order valence-electron chi connectivity index (χ1n) is 8.51. The van der Waals surface area contributed by atoms with Gasteiger partial charge < -0.3 is 14.7 Å². The normalized spacial score (nSPS) is 16.6. The van der Waals surface area contributed by atoms with E-state index in [1.54, 1.807) is 41.3 Å². The smallest absolute Gasteiger partial charge is 0.256 e. The van der Waals surface area contributed by atoms with E-state index in [2.05, 4.69) is 0 Å². The molecule has 1 atom stereocenters. The molecule has 1 heterocycles. The second-order valence-corrected chi connectivity index (χ2v) is 6.28. The van der Waals surface area contributed by atoms with Crippen molar-refractivity contribution in [1.29, 1.82) is 0 Å². The van der Waals surface area contributed by atoms with Gasteiger partial charge in [0.25, 0.3) is 5.91 Å². The zero-order valence-electron chi connectivity index (χ0n) is 14.0. The van der Waals surface area contributed by atoms with E-state index in [-0.39, 0.29) is 17.8 Å². The maximum atomic E-state index is 12.9. The van der Waals surface area contributed by atoms with Crippen molar-refractivity contribution in [1.82, 2.24) is 4.90 Å². The lowest BCUT2D eigenvalue weighted by Crippen LogP contribution is -2.43. The lowest BCUT2D eigenvalue weighted by Gasteiger charge is -2.33. The first-order valence-corrected chi connectivity index (χ1v) is 8.51. The number of aliphatic hydroxyl groups excluding tert-OH is 1. The third-order valence-electron chi connectivity index (χ3n) is 4.50. The Morgan fingerprint density at radius 1 is 1.12 bits per heavy atom. The van der Waals surface area contributed by atoms with Crippen molar-refractivity contribution in [2.45, 2.75) is 31.7 Å². The van der Waals surface area contributed by atoms with Gasteiger partial charge in [-0.3, -0.25) is 4.79 Å². The molecule has 0 aliphatic carbocycles. The predicted octanol–water partition coefficient (Wildman–Crippen LogP) is 3.07. The topological polar surface area (TPSA) is 49.8 Å². The number of piperidine rings is 1. The van der Waals surface area contributed by atoms with E-state index < -0.39 is 6.10 Å². The van der Waals surface area contributed by atoms with E-state index in [1.165, 1.54) is 12.1 Å². The Labute approximate surface area is 146 Å². The highest BCUT2D eigenvalue weighted by molar-refractivity contribution is 5.82. The molecule has 3 rings (SSSR count). The molecule has 2 aromatic rings. The molecule has 0 radical (unpaired) electrons. The molecule has 25 heavy (non-hydrogen) atoms. The first kappa shape index (κ1) is 17.6. The van der Waals surface area contributed by atoms with Crippen molar-refractivity contribution in [3.63, 3.8) is 0 Å². The van der Waals surface area contributed by atoms with Gasteiger partial charge in [0.1, 0.15) is 5.82 Å². The van der Waals surface area contributed by atoms with Gasteiger partial charge in [0.2, 0.25) is 0 Å². The molecular weight excluding hydrogens is 321 g/mol. The van der Waals surface area contributed by atoms with Gasteiger partial charge in [-0.05, 0) is 36.1 Å². The van der Waals surface area contributed by atoms with Crippen LogP contribution in [-0.4, -0.2) is 35.1 Å². The second-order valence-electron chi connectivity index (χ2n) is 6.28. The minimum absolute atomic E-state index is 0.0722. The van der Waals surface area contributed by atoms with Crippen LogP contribution in [0.15, 0.2) is 54.6 Å². The number of carbonyl (C=O) groups is 1. The first-order chi connectivity index (χ1) is 12.1. The molecule has 1 fully saturated rings. The van der Waals surface area contributed by atoms with Crippen LogP contribution in [-0.2, 0) is 16.1 Å². The van der Waals surface area contributed by atoms with Crippen LogP contribution in [0.5, 0.6) is 0 Å². The number of carbonyl (C=O) groups excluding carboxylic acids is 1. The highest BCUT2D eigenvalue weighted by Gasteiger charge is 2.28. The van der Waals surface area contributed by atoms with Crippen molar-refractivity contribution in [3.05, 3.63) is 71.5 Å². The van der Waals surface area contributed by atoms with E-state index in [4.69, 9.17) is 4.74 Å². The molecule has 0 aromatic heterocycles. The molecule has 0 spiro atoms. The van der Waals surface area contributed by atoms with Crippen LogP contribution < -0.4 is 0 Å². The van der Waals surface area contributed by atoms with Crippen molar-refractivity contribution in [2.24, 2.45) is 0 Å². The van der Waals surface area contributed by atoms with E-state index >= 15 is 0 Å². The molecule has 1 aliphatic heterocycles. The fraction of sp³-hybridized carbons (Fsp3) is 0.350. The lowest BCUT2D eigenvalue weighted by molar-refractivity contribution is -0.143. The van der Waals surface area contributed by atoms with Crippen LogP contribution in [0.2, 0.25) is 0 Å². The van der Waals surface area contributed by atoms with Crippen LogP contribution in [0.3, 0.4) is 0 Å². The number of halogens is 1. The number of hydrogen-bond acceptors (Lipinski definition) is 3. The Kier molecular flexibility index (Phi) is 5.79. The maximum absolute atomic E-state index is 12.9. The minimum Gasteiger partial charge on any atom is -0.378 e. The van der Waals surface area contributed by atoms with Crippen LogP contribution in [0, 0.1) is 5.82 Å². The summed E-state index contributed by atoms with van der Waals surface area (Å²) in [6.45, 7) is 1.57. The second kappa shape index (κ2) is 8.23. The number of benzene rings is 2. The van der Waals surface area contributed by atoms with Gasteiger partial charge in [-0.25, -0.2) is 4.39 Å². The van der Waals surface area contributed by atoms with Crippen molar-refractivity contribution >= 4 is 5.91 Å². The quantitative estimate of drug-likeness (QED) is 0.908. The van der Waals surface area contributed by atoms with Gasteiger partial charge in [0.05, 0.1) is 12.7 Å². The van der Waals surface area contributed by atoms with Crippen molar-refractivity contribution in [2.75, 3.05) is 13.1 Å². The molecular formula is C20H22FNO3. The Morgan fingerprint density at radius 2 is 1.76 bits per heavy atom. The predicted molar refractivity (Wildman–Crippen MR) is 92.2 cm³/mol. The number of nitrogens with zero attached hydrogens (tertiary/aromatic N) is 1. The highest BCUT2D eigenvalue weighted by atomic mass is 19.1. The summed E-state index contributed by atoms with van der Waals surface area (Å²) in [6.07, 6.45) is 0.420. The van der Waals surface area contributed by atoms with Crippen LogP contribution in [0.4, 0.5) is 4.39 Å². The van der Waals surface area contributed by atoms with Gasteiger partial charge in [0.15, 0.2) is 6.10 Å². The van der Waals surface area contributed by atoms with Gasteiger partial charge in [0, 0.05) is 13.1 Å². The van der Waals surface area contributed by atoms with Gasteiger partial charge in [-0.1, -0.05) is 42.5 Å². The third-order valence-corrected chi connectivity index (χ3v) is 4.50. The van der Waals surface area contributed by atoms with Gasteiger partial charge in [-0.2, -0.15) is 0 Å². The standard InChI is InChI=1S/C20H22FNO3/c21-17-8-6-15(7-9-17)14-25-18-10-12-22(13-11-18)20(24)19(23)16-4-2-1-3-5-16/h1-9,18-19,23H,10-14H2. The highest BCUT2D eigenvalue weighted by Crippen LogP contribution is 2.21. The molecule has 0 bridgehead atoms. The lowest BCUT2D eigenvalue weighted by atomic mass is 10.0. The number of ether oxygens (including phenoxy) is 1. The van der Waals surface area contributed by atoms with Crippen LogP contribution in [0.1, 0.15) is 30.1 Å². The summed E-state index contributed by atoms with van der Waals surface area (Å²) >= 11 is 0. The average Bonchev–Trinajstić information content (AvgIpc) is 2.67. The number of hydrogen-bond donors (Lipinski definition) is 1. The molecule has 1 amide bonds. The molecule has 1 aliphatic rings. The summed E-state index contributed by atoms with van der Waals surface area (Å²) < 4.78 is 18.7. The SMILES string of the molecule is O=C(C(O)c1ccccc1)N1CCC(OCc2ccc(F)cc2)CC1. The Balaban J connectivity index is 1.46. The Hall–Kier alpha value is -2.24. The molecule has 0 saturated carbocycles. The number of amides is 1. The summed E-state index contributed by atoms with van der Waals surface area (Å²) in [5.74, 6) is -0.518. The summed E-state index contributed by atoms with van der Waals surface area (Å²) in [5.41, 5.74) is 1.54. The van der Waals surface area contributed by atoms with E-state index in [0.717, 1.165) is 18.4 Å². The zero-order chi connectivity index (χ0) is 17.6. The van der Waals surface area contributed by atoms with Crippen LogP contribution >= 0.6 is 0 Å². The molecule has 1 N–H and O–H groups in total. The fourth-order valence-electron chi connectivity index (χ4n) is 2.99. The number of aliphatic hydroxyl groups is 1. The Bertz CT molecular complexity index is 682. The van der Waals surface area contributed by atoms with E-state index in [9.17, 15) is 14.3 Å².